The highest BCUT2D eigenvalue weighted by Crippen LogP contribution is 2.30. The van der Waals surface area contributed by atoms with Crippen molar-refractivity contribution in [2.75, 3.05) is 18.0 Å². The Hall–Kier alpha value is -3.19. The Labute approximate surface area is 169 Å². The fourth-order valence-electron chi connectivity index (χ4n) is 3.96. The van der Waals surface area contributed by atoms with Crippen LogP contribution in [0.25, 0.3) is 0 Å². The van der Waals surface area contributed by atoms with Crippen LogP contribution in [0.1, 0.15) is 19.3 Å². The van der Waals surface area contributed by atoms with Gasteiger partial charge in [-0.2, -0.15) is 0 Å². The quantitative estimate of drug-likeness (QED) is 0.787. The SMILES string of the molecule is NC(=O)C1CCN([C@@H]2CC(=O)N(c3ccc(Oc4ccccc4)cc3)C2=O)CC1. The van der Waals surface area contributed by atoms with Crippen LogP contribution in [0.2, 0.25) is 0 Å². The van der Waals surface area contributed by atoms with Crippen molar-refractivity contribution < 1.29 is 19.1 Å². The highest BCUT2D eigenvalue weighted by atomic mass is 16.5. The van der Waals surface area contributed by atoms with E-state index in [0.717, 1.165) is 0 Å². The Morgan fingerprint density at radius 3 is 2.17 bits per heavy atom. The van der Waals surface area contributed by atoms with E-state index in [9.17, 15) is 14.4 Å². The average molecular weight is 393 g/mol. The summed E-state index contributed by atoms with van der Waals surface area (Å²) in [5.74, 6) is 0.472. The zero-order valence-corrected chi connectivity index (χ0v) is 16.0. The van der Waals surface area contributed by atoms with E-state index in [-0.39, 0.29) is 30.1 Å². The Balaban J connectivity index is 1.43. The van der Waals surface area contributed by atoms with Gasteiger partial charge in [0, 0.05) is 5.92 Å². The molecule has 2 saturated heterocycles. The molecule has 0 aromatic heterocycles. The topological polar surface area (TPSA) is 92.9 Å². The molecule has 0 bridgehead atoms. The number of anilines is 1. The Bertz CT molecular complexity index is 905. The lowest BCUT2D eigenvalue weighted by molar-refractivity contribution is -0.124. The van der Waals surface area contributed by atoms with E-state index in [1.807, 2.05) is 35.2 Å². The van der Waals surface area contributed by atoms with Crippen LogP contribution in [0.5, 0.6) is 11.5 Å². The monoisotopic (exact) mass is 393 g/mol. The summed E-state index contributed by atoms with van der Waals surface area (Å²) in [5, 5.41) is 0. The van der Waals surface area contributed by atoms with Gasteiger partial charge in [0.1, 0.15) is 11.5 Å². The molecule has 0 radical (unpaired) electrons. The first-order valence-electron chi connectivity index (χ1n) is 9.76. The van der Waals surface area contributed by atoms with Crippen LogP contribution >= 0.6 is 0 Å². The summed E-state index contributed by atoms with van der Waals surface area (Å²) in [7, 11) is 0. The van der Waals surface area contributed by atoms with Gasteiger partial charge in [0.2, 0.25) is 11.8 Å². The molecule has 2 aromatic carbocycles. The van der Waals surface area contributed by atoms with Crippen molar-refractivity contribution in [2.24, 2.45) is 11.7 Å². The van der Waals surface area contributed by atoms with Crippen molar-refractivity contribution in [2.45, 2.75) is 25.3 Å². The van der Waals surface area contributed by atoms with Crippen LogP contribution in [-0.4, -0.2) is 41.8 Å². The molecular weight excluding hydrogens is 370 g/mol. The molecule has 2 N–H and O–H groups in total. The largest absolute Gasteiger partial charge is 0.457 e. The molecule has 29 heavy (non-hydrogen) atoms. The number of para-hydroxylation sites is 1. The summed E-state index contributed by atoms with van der Waals surface area (Å²) in [6.07, 6.45) is 1.40. The lowest BCUT2D eigenvalue weighted by Gasteiger charge is -2.33. The van der Waals surface area contributed by atoms with Crippen molar-refractivity contribution in [3.05, 3.63) is 54.6 Å². The standard InChI is InChI=1S/C22H23N3O4/c23-21(27)15-10-12-24(13-11-15)19-14-20(26)25(22(19)28)16-6-8-18(9-7-16)29-17-4-2-1-3-5-17/h1-9,15,19H,10-14H2,(H2,23,27)/t19-/m1/s1. The third-order valence-electron chi connectivity index (χ3n) is 5.57. The zero-order chi connectivity index (χ0) is 20.4. The van der Waals surface area contributed by atoms with Gasteiger partial charge in [-0.25, -0.2) is 4.90 Å². The van der Waals surface area contributed by atoms with Crippen molar-refractivity contribution in [3.8, 4) is 11.5 Å². The summed E-state index contributed by atoms with van der Waals surface area (Å²) < 4.78 is 5.76. The molecule has 2 fully saturated rings. The number of carbonyl (C=O) groups excluding carboxylic acids is 3. The Kier molecular flexibility index (Phi) is 5.31. The number of nitrogens with two attached hydrogens (primary N) is 1. The molecule has 150 valence electrons. The third-order valence-corrected chi connectivity index (χ3v) is 5.57. The maximum Gasteiger partial charge on any atom is 0.251 e. The summed E-state index contributed by atoms with van der Waals surface area (Å²) >= 11 is 0. The summed E-state index contributed by atoms with van der Waals surface area (Å²) in [4.78, 5) is 40.1. The van der Waals surface area contributed by atoms with Crippen LogP contribution in [0.3, 0.4) is 0 Å². The molecule has 2 aromatic rings. The minimum absolute atomic E-state index is 0.147. The normalized spacial score (nSPS) is 20.8. The number of benzene rings is 2. The van der Waals surface area contributed by atoms with Crippen LogP contribution < -0.4 is 15.4 Å². The second kappa shape index (κ2) is 8.05. The molecule has 2 aliphatic heterocycles. The molecule has 1 atom stereocenters. The fourth-order valence-corrected chi connectivity index (χ4v) is 3.96. The van der Waals surface area contributed by atoms with Crippen LogP contribution in [-0.2, 0) is 14.4 Å². The van der Waals surface area contributed by atoms with Gasteiger partial charge in [0.05, 0.1) is 18.2 Å². The lowest BCUT2D eigenvalue weighted by atomic mass is 9.95. The molecule has 2 heterocycles. The van der Waals surface area contributed by atoms with Gasteiger partial charge in [-0.15, -0.1) is 0 Å². The summed E-state index contributed by atoms with van der Waals surface area (Å²) in [6.45, 7) is 1.18. The van der Waals surface area contributed by atoms with Crippen molar-refractivity contribution in [1.82, 2.24) is 4.90 Å². The summed E-state index contributed by atoms with van der Waals surface area (Å²) in [5.41, 5.74) is 5.91. The van der Waals surface area contributed by atoms with Crippen molar-refractivity contribution >= 4 is 23.4 Å². The number of carbonyl (C=O) groups is 3. The maximum absolute atomic E-state index is 12.9. The van der Waals surface area contributed by atoms with Crippen molar-refractivity contribution in [1.29, 1.82) is 0 Å². The number of primary amides is 1. The van der Waals surface area contributed by atoms with E-state index < -0.39 is 6.04 Å². The number of piperidine rings is 1. The van der Waals surface area contributed by atoms with Gasteiger partial charge in [-0.1, -0.05) is 18.2 Å². The molecule has 7 heteroatoms. The number of likely N-dealkylation sites (tertiary alicyclic amines) is 1. The highest BCUT2D eigenvalue weighted by molar-refractivity contribution is 6.22. The van der Waals surface area contributed by atoms with Gasteiger partial charge in [-0.05, 0) is 62.3 Å². The number of rotatable bonds is 5. The first kappa shape index (κ1) is 19.1. The van der Waals surface area contributed by atoms with E-state index >= 15 is 0 Å². The Morgan fingerprint density at radius 1 is 0.931 bits per heavy atom. The van der Waals surface area contributed by atoms with Gasteiger partial charge in [-0.3, -0.25) is 19.3 Å². The van der Waals surface area contributed by atoms with Crippen LogP contribution in [0.15, 0.2) is 54.6 Å². The average Bonchev–Trinajstić information content (AvgIpc) is 3.03. The number of hydrogen-bond acceptors (Lipinski definition) is 5. The maximum atomic E-state index is 12.9. The van der Waals surface area contributed by atoms with E-state index in [0.29, 0.717) is 43.1 Å². The van der Waals surface area contributed by atoms with Crippen LogP contribution in [0.4, 0.5) is 5.69 Å². The first-order chi connectivity index (χ1) is 14.0. The molecule has 2 aliphatic rings. The molecule has 0 aliphatic carbocycles. The van der Waals surface area contributed by atoms with Crippen molar-refractivity contribution in [3.63, 3.8) is 0 Å². The predicted octanol–water partition coefficient (Wildman–Crippen LogP) is 2.31. The minimum atomic E-state index is -0.475. The zero-order valence-electron chi connectivity index (χ0n) is 16.0. The second-order valence-electron chi connectivity index (χ2n) is 7.41. The van der Waals surface area contributed by atoms with Gasteiger partial charge in [0.25, 0.3) is 5.91 Å². The van der Waals surface area contributed by atoms with E-state index in [4.69, 9.17) is 10.5 Å². The fraction of sp³-hybridized carbons (Fsp3) is 0.318. The molecule has 0 spiro atoms. The van der Waals surface area contributed by atoms with E-state index in [1.54, 1.807) is 24.3 Å². The second-order valence-corrected chi connectivity index (χ2v) is 7.41. The van der Waals surface area contributed by atoms with E-state index in [2.05, 4.69) is 0 Å². The smallest absolute Gasteiger partial charge is 0.251 e. The molecule has 0 unspecified atom stereocenters. The Morgan fingerprint density at radius 2 is 1.55 bits per heavy atom. The third kappa shape index (κ3) is 4.00. The minimum Gasteiger partial charge on any atom is -0.457 e. The lowest BCUT2D eigenvalue weighted by Crippen LogP contribution is -2.47. The van der Waals surface area contributed by atoms with E-state index in [1.165, 1.54) is 4.90 Å². The number of imide groups is 1. The van der Waals surface area contributed by atoms with Gasteiger partial charge >= 0.3 is 0 Å². The number of amides is 3. The molecular formula is C22H23N3O4. The molecule has 0 saturated carbocycles. The molecule has 7 nitrogen and oxygen atoms in total. The van der Waals surface area contributed by atoms with Crippen LogP contribution in [0, 0.1) is 5.92 Å². The number of hydrogen-bond donors (Lipinski definition) is 1. The summed E-state index contributed by atoms with van der Waals surface area (Å²) in [6, 6.07) is 15.8. The predicted molar refractivity (Wildman–Crippen MR) is 107 cm³/mol. The number of ether oxygens (including phenoxy) is 1. The first-order valence-corrected chi connectivity index (χ1v) is 9.76. The van der Waals surface area contributed by atoms with Gasteiger partial charge in [0.15, 0.2) is 0 Å². The number of nitrogens with zero attached hydrogens (tertiary/aromatic N) is 2. The highest BCUT2D eigenvalue weighted by Gasteiger charge is 2.43. The van der Waals surface area contributed by atoms with Gasteiger partial charge < -0.3 is 10.5 Å². The molecule has 3 amide bonds. The molecule has 4 rings (SSSR count).